The van der Waals surface area contributed by atoms with E-state index < -0.39 is 5.97 Å². The minimum Gasteiger partial charge on any atom is -0.478 e. The SMILES string of the molecule is Cc1ccc(C(=O)O)c2c(CCCCN)c(-c3cc(Br)ccc3Cl)[nH]c12. The third kappa shape index (κ3) is 3.52. The van der Waals surface area contributed by atoms with Crippen LogP contribution >= 0.6 is 27.5 Å². The molecule has 0 bridgehead atoms. The van der Waals surface area contributed by atoms with Crippen molar-refractivity contribution in [1.82, 2.24) is 4.98 Å². The fourth-order valence-corrected chi connectivity index (χ4v) is 3.87. The van der Waals surface area contributed by atoms with Crippen LogP contribution in [0.15, 0.2) is 34.8 Å². The van der Waals surface area contributed by atoms with Crippen LogP contribution in [0.2, 0.25) is 5.02 Å². The number of unbranched alkanes of at least 4 members (excludes halogenated alkanes) is 1. The minimum absolute atomic E-state index is 0.307. The average molecular weight is 436 g/mol. The van der Waals surface area contributed by atoms with Crippen molar-refractivity contribution in [2.24, 2.45) is 5.73 Å². The lowest BCUT2D eigenvalue weighted by Gasteiger charge is -2.09. The van der Waals surface area contributed by atoms with Gasteiger partial charge in [0.2, 0.25) is 0 Å². The molecular formula is C20H20BrClN2O2. The molecule has 0 amide bonds. The predicted octanol–water partition coefficient (Wildman–Crippen LogP) is 5.54. The smallest absolute Gasteiger partial charge is 0.336 e. The largest absolute Gasteiger partial charge is 0.478 e. The number of carbonyl (C=O) groups is 1. The predicted molar refractivity (Wildman–Crippen MR) is 110 cm³/mol. The summed E-state index contributed by atoms with van der Waals surface area (Å²) in [5.41, 5.74) is 10.5. The number of nitrogens with one attached hydrogen (secondary N) is 1. The molecule has 4 N–H and O–H groups in total. The van der Waals surface area contributed by atoms with Crippen molar-refractivity contribution in [2.75, 3.05) is 6.54 Å². The molecule has 2 aromatic carbocycles. The number of aryl methyl sites for hydroxylation is 2. The first-order valence-corrected chi connectivity index (χ1v) is 9.64. The van der Waals surface area contributed by atoms with Gasteiger partial charge in [-0.3, -0.25) is 0 Å². The average Bonchev–Trinajstić information content (AvgIpc) is 2.98. The Labute approximate surface area is 165 Å². The van der Waals surface area contributed by atoms with Gasteiger partial charge in [-0.25, -0.2) is 4.79 Å². The van der Waals surface area contributed by atoms with E-state index in [2.05, 4.69) is 20.9 Å². The molecule has 0 saturated carbocycles. The molecule has 0 spiro atoms. The van der Waals surface area contributed by atoms with Crippen molar-refractivity contribution < 1.29 is 9.90 Å². The standard InChI is InChI=1S/C20H20BrClN2O2/c1-11-5-7-14(20(25)26)17-13(4-2-3-9-23)19(24-18(11)17)15-10-12(21)6-8-16(15)22/h5-8,10,24H,2-4,9,23H2,1H3,(H,25,26). The summed E-state index contributed by atoms with van der Waals surface area (Å²) in [5.74, 6) is -0.930. The van der Waals surface area contributed by atoms with E-state index in [1.165, 1.54) is 0 Å². The van der Waals surface area contributed by atoms with E-state index >= 15 is 0 Å². The number of halogens is 2. The van der Waals surface area contributed by atoms with Crippen LogP contribution in [0, 0.1) is 6.92 Å². The third-order valence-electron chi connectivity index (χ3n) is 4.58. The summed E-state index contributed by atoms with van der Waals surface area (Å²) in [7, 11) is 0. The van der Waals surface area contributed by atoms with Crippen molar-refractivity contribution in [1.29, 1.82) is 0 Å². The zero-order valence-corrected chi connectivity index (χ0v) is 16.7. The van der Waals surface area contributed by atoms with Gasteiger partial charge in [-0.1, -0.05) is 33.6 Å². The fraction of sp³-hybridized carbons (Fsp3) is 0.250. The zero-order valence-electron chi connectivity index (χ0n) is 14.4. The summed E-state index contributed by atoms with van der Waals surface area (Å²) in [5, 5.41) is 11.1. The number of carboxylic acid groups (broad SMARTS) is 1. The van der Waals surface area contributed by atoms with Crippen LogP contribution in [-0.4, -0.2) is 22.6 Å². The van der Waals surface area contributed by atoms with Gasteiger partial charge in [0.15, 0.2) is 0 Å². The normalized spacial score (nSPS) is 11.2. The number of benzene rings is 2. The molecule has 0 aliphatic carbocycles. The Morgan fingerprint density at radius 1 is 1.27 bits per heavy atom. The van der Waals surface area contributed by atoms with E-state index in [4.69, 9.17) is 17.3 Å². The molecule has 3 aromatic rings. The number of hydrogen-bond acceptors (Lipinski definition) is 2. The molecule has 0 radical (unpaired) electrons. The van der Waals surface area contributed by atoms with Crippen molar-refractivity contribution in [3.05, 3.63) is 56.5 Å². The summed E-state index contributed by atoms with van der Waals surface area (Å²) in [6.45, 7) is 2.58. The van der Waals surface area contributed by atoms with Crippen LogP contribution in [0.3, 0.4) is 0 Å². The van der Waals surface area contributed by atoms with E-state index in [0.717, 1.165) is 57.0 Å². The van der Waals surface area contributed by atoms with Gasteiger partial charge in [-0.15, -0.1) is 0 Å². The first-order valence-electron chi connectivity index (χ1n) is 8.47. The van der Waals surface area contributed by atoms with Crippen molar-refractivity contribution in [2.45, 2.75) is 26.2 Å². The van der Waals surface area contributed by atoms with E-state index in [1.54, 1.807) is 6.07 Å². The van der Waals surface area contributed by atoms with Crippen LogP contribution < -0.4 is 5.73 Å². The molecule has 0 saturated heterocycles. The zero-order chi connectivity index (χ0) is 18.8. The van der Waals surface area contributed by atoms with E-state index in [1.807, 2.05) is 31.2 Å². The molecule has 1 aromatic heterocycles. The molecule has 0 fully saturated rings. The Bertz CT molecular complexity index is 982. The molecule has 0 aliphatic heterocycles. The number of rotatable bonds is 6. The second-order valence-corrected chi connectivity index (χ2v) is 7.66. The molecule has 136 valence electrons. The summed E-state index contributed by atoms with van der Waals surface area (Å²) >= 11 is 9.95. The third-order valence-corrected chi connectivity index (χ3v) is 5.40. The summed E-state index contributed by atoms with van der Waals surface area (Å²) in [6.07, 6.45) is 2.50. The lowest BCUT2D eigenvalue weighted by Crippen LogP contribution is -2.01. The highest BCUT2D eigenvalue weighted by Crippen LogP contribution is 2.39. The Morgan fingerprint density at radius 3 is 2.73 bits per heavy atom. The highest BCUT2D eigenvalue weighted by molar-refractivity contribution is 9.10. The monoisotopic (exact) mass is 434 g/mol. The molecular weight excluding hydrogens is 416 g/mol. The Morgan fingerprint density at radius 2 is 2.04 bits per heavy atom. The van der Waals surface area contributed by atoms with E-state index in [-0.39, 0.29) is 0 Å². The van der Waals surface area contributed by atoms with Gasteiger partial charge >= 0.3 is 5.97 Å². The van der Waals surface area contributed by atoms with E-state index in [0.29, 0.717) is 17.1 Å². The summed E-state index contributed by atoms with van der Waals surface area (Å²) in [4.78, 5) is 15.2. The Kier molecular flexibility index (Phi) is 5.70. The number of H-pyrrole nitrogens is 1. The van der Waals surface area contributed by atoms with Gasteiger partial charge in [0.1, 0.15) is 0 Å². The number of aromatic carboxylic acids is 1. The van der Waals surface area contributed by atoms with Gasteiger partial charge in [0, 0.05) is 26.0 Å². The topological polar surface area (TPSA) is 79.1 Å². The molecule has 26 heavy (non-hydrogen) atoms. The molecule has 6 heteroatoms. The summed E-state index contributed by atoms with van der Waals surface area (Å²) in [6, 6.07) is 9.18. The van der Waals surface area contributed by atoms with Crippen molar-refractivity contribution >= 4 is 44.4 Å². The molecule has 3 rings (SSSR count). The van der Waals surface area contributed by atoms with Gasteiger partial charge < -0.3 is 15.8 Å². The van der Waals surface area contributed by atoms with Crippen LogP contribution in [0.4, 0.5) is 0 Å². The minimum atomic E-state index is -0.930. The second-order valence-electron chi connectivity index (χ2n) is 6.33. The summed E-state index contributed by atoms with van der Waals surface area (Å²) < 4.78 is 0.915. The van der Waals surface area contributed by atoms with Crippen molar-refractivity contribution in [3.8, 4) is 11.3 Å². The van der Waals surface area contributed by atoms with Crippen LogP contribution in [-0.2, 0) is 6.42 Å². The van der Waals surface area contributed by atoms with Crippen LogP contribution in [0.5, 0.6) is 0 Å². The maximum atomic E-state index is 11.8. The molecule has 0 aliphatic rings. The number of nitrogens with two attached hydrogens (primary N) is 1. The fourth-order valence-electron chi connectivity index (χ4n) is 3.30. The molecule has 4 nitrogen and oxygen atoms in total. The number of aromatic nitrogens is 1. The highest BCUT2D eigenvalue weighted by Gasteiger charge is 2.21. The highest BCUT2D eigenvalue weighted by atomic mass is 79.9. The van der Waals surface area contributed by atoms with Gasteiger partial charge in [-0.2, -0.15) is 0 Å². The van der Waals surface area contributed by atoms with Gasteiger partial charge in [0.05, 0.1) is 11.3 Å². The quantitative estimate of drug-likeness (QED) is 0.445. The Hall–Kier alpha value is -1.82. The number of fused-ring (bicyclic) bond motifs is 1. The number of hydrogen-bond donors (Lipinski definition) is 3. The van der Waals surface area contributed by atoms with Gasteiger partial charge in [-0.05, 0) is 68.1 Å². The van der Waals surface area contributed by atoms with E-state index in [9.17, 15) is 9.90 Å². The maximum Gasteiger partial charge on any atom is 0.336 e. The first-order chi connectivity index (χ1) is 12.4. The molecule has 0 unspecified atom stereocenters. The number of carboxylic acids is 1. The maximum absolute atomic E-state index is 11.8. The first kappa shape index (κ1) is 19.0. The Balaban J connectivity index is 2.32. The molecule has 1 heterocycles. The van der Waals surface area contributed by atoms with Gasteiger partial charge in [0.25, 0.3) is 0 Å². The molecule has 0 atom stereocenters. The van der Waals surface area contributed by atoms with Crippen molar-refractivity contribution in [3.63, 3.8) is 0 Å². The second kappa shape index (κ2) is 7.82. The van der Waals surface area contributed by atoms with Crippen LogP contribution in [0.25, 0.3) is 22.2 Å². The number of aromatic amines is 1. The lowest BCUT2D eigenvalue weighted by molar-refractivity contribution is 0.0699. The lowest BCUT2D eigenvalue weighted by atomic mass is 9.96. The van der Waals surface area contributed by atoms with Crippen LogP contribution in [0.1, 0.15) is 34.3 Å².